The highest BCUT2D eigenvalue weighted by Crippen LogP contribution is 2.31. The van der Waals surface area contributed by atoms with Crippen LogP contribution in [0.15, 0.2) is 23.6 Å². The fraction of sp³-hybridized carbons (Fsp3) is 0.267. The molecule has 0 saturated carbocycles. The lowest BCUT2D eigenvalue weighted by molar-refractivity contribution is 1.01. The number of rotatable bonds is 6. The maximum Gasteiger partial charge on any atom is 0.131 e. The van der Waals surface area contributed by atoms with Crippen LogP contribution in [0.25, 0.3) is 11.0 Å². The summed E-state index contributed by atoms with van der Waals surface area (Å²) in [5.41, 5.74) is 9.38. The summed E-state index contributed by atoms with van der Waals surface area (Å²) in [5, 5.41) is 9.26. The zero-order valence-corrected chi connectivity index (χ0v) is 13.8. The Bertz CT molecular complexity index is 766. The Morgan fingerprint density at radius 1 is 1.41 bits per heavy atom. The molecule has 0 atom stereocenters. The topological polar surface area (TPSA) is 78.8 Å². The molecule has 5 N–H and O–H groups in total. The summed E-state index contributed by atoms with van der Waals surface area (Å²) in [4.78, 5) is 9.08. The molecule has 7 heteroatoms. The second kappa shape index (κ2) is 6.56. The Balaban J connectivity index is 1.94. The van der Waals surface area contributed by atoms with Crippen molar-refractivity contribution in [2.75, 3.05) is 23.7 Å². The van der Waals surface area contributed by atoms with Crippen molar-refractivity contribution in [3.05, 3.63) is 39.2 Å². The van der Waals surface area contributed by atoms with E-state index < -0.39 is 0 Å². The van der Waals surface area contributed by atoms with Crippen molar-refractivity contribution in [1.82, 2.24) is 9.97 Å². The van der Waals surface area contributed by atoms with Crippen molar-refractivity contribution in [3.8, 4) is 0 Å². The van der Waals surface area contributed by atoms with Gasteiger partial charge in [-0.25, -0.2) is 4.98 Å². The molecule has 0 unspecified atom stereocenters. The molecule has 0 aliphatic rings. The van der Waals surface area contributed by atoms with Crippen molar-refractivity contribution < 1.29 is 0 Å². The Hall–Kier alpha value is -1.76. The Kier molecular flexibility index (Phi) is 4.52. The van der Waals surface area contributed by atoms with Gasteiger partial charge in [0.05, 0.1) is 16.7 Å². The third kappa shape index (κ3) is 3.04. The highest BCUT2D eigenvalue weighted by atomic mass is 35.5. The number of anilines is 2. The number of thiophene rings is 1. The van der Waals surface area contributed by atoms with E-state index in [1.54, 1.807) is 11.3 Å². The molecule has 3 aromatic rings. The number of H-pyrrole nitrogens is 1. The number of nitrogens with zero attached hydrogens (tertiary/aromatic N) is 1. The Morgan fingerprint density at radius 3 is 3.00 bits per heavy atom. The Labute approximate surface area is 137 Å². The number of nitrogens with one attached hydrogen (secondary N) is 3. The largest absolute Gasteiger partial charge is 0.378 e. The summed E-state index contributed by atoms with van der Waals surface area (Å²) in [6.45, 7) is 4.06. The molecule has 0 bridgehead atoms. The maximum atomic E-state index is 6.17. The van der Waals surface area contributed by atoms with E-state index in [-0.39, 0.29) is 0 Å². The van der Waals surface area contributed by atoms with E-state index in [4.69, 9.17) is 17.3 Å². The second-order valence-electron chi connectivity index (χ2n) is 4.99. The minimum atomic E-state index is 0.480. The van der Waals surface area contributed by atoms with Crippen LogP contribution in [0.4, 0.5) is 11.5 Å². The van der Waals surface area contributed by atoms with Crippen LogP contribution in [-0.4, -0.2) is 23.1 Å². The number of aromatic amines is 1. The number of hydrogen-bond acceptors (Lipinski definition) is 5. The molecular weight excluding hydrogens is 318 g/mol. The summed E-state index contributed by atoms with van der Waals surface area (Å²) >= 11 is 7.89. The number of aromatic nitrogens is 2. The zero-order valence-electron chi connectivity index (χ0n) is 12.2. The zero-order chi connectivity index (χ0) is 15.5. The van der Waals surface area contributed by atoms with Gasteiger partial charge in [0, 0.05) is 36.1 Å². The van der Waals surface area contributed by atoms with Gasteiger partial charge in [-0.2, -0.15) is 0 Å². The van der Waals surface area contributed by atoms with Crippen LogP contribution in [0, 0.1) is 6.92 Å². The van der Waals surface area contributed by atoms with Gasteiger partial charge >= 0.3 is 0 Å². The monoisotopic (exact) mass is 335 g/mol. The van der Waals surface area contributed by atoms with Crippen LogP contribution in [0.3, 0.4) is 0 Å². The molecule has 0 aliphatic carbocycles. The van der Waals surface area contributed by atoms with Crippen molar-refractivity contribution in [3.63, 3.8) is 0 Å². The summed E-state index contributed by atoms with van der Waals surface area (Å²) in [6, 6.07) is 6.00. The Morgan fingerprint density at radius 2 is 2.27 bits per heavy atom. The summed E-state index contributed by atoms with van der Waals surface area (Å²) in [5.74, 6) is 0.939. The fourth-order valence-electron chi connectivity index (χ4n) is 2.36. The molecule has 0 aliphatic heterocycles. The van der Waals surface area contributed by atoms with Gasteiger partial charge in [-0.05, 0) is 18.4 Å². The van der Waals surface area contributed by atoms with Gasteiger partial charge in [0.25, 0.3) is 0 Å². The number of nitrogens with two attached hydrogens (primary N) is 1. The van der Waals surface area contributed by atoms with Crippen molar-refractivity contribution in [2.24, 2.45) is 5.73 Å². The number of aryl methyl sites for hydroxylation is 1. The van der Waals surface area contributed by atoms with E-state index in [1.807, 2.05) is 19.1 Å². The minimum Gasteiger partial charge on any atom is -0.378 e. The quantitative estimate of drug-likeness (QED) is 0.519. The number of fused-ring (bicyclic) bond motifs is 1. The first-order valence-electron chi connectivity index (χ1n) is 7.08. The van der Waals surface area contributed by atoms with Gasteiger partial charge in [-0.1, -0.05) is 17.7 Å². The number of halogens is 1. The molecule has 3 heterocycles. The van der Waals surface area contributed by atoms with Crippen LogP contribution >= 0.6 is 22.9 Å². The highest BCUT2D eigenvalue weighted by molar-refractivity contribution is 7.09. The highest BCUT2D eigenvalue weighted by Gasteiger charge is 2.13. The van der Waals surface area contributed by atoms with Crippen LogP contribution in [0.1, 0.15) is 10.4 Å². The standard InChI is InChI=1S/C15H18ClN5S/c1-9-13-14(21-15(9)18-5-4-17)11(7-12(16)20-13)19-8-10-3-2-6-22-10/h2-3,6-7,18,21H,4-5,8,17H2,1H3,(H,19,20). The lowest BCUT2D eigenvalue weighted by atomic mass is 10.2. The van der Waals surface area contributed by atoms with Crippen molar-refractivity contribution in [1.29, 1.82) is 0 Å². The van der Waals surface area contributed by atoms with Gasteiger partial charge in [0.2, 0.25) is 0 Å². The first-order valence-corrected chi connectivity index (χ1v) is 8.34. The van der Waals surface area contributed by atoms with Crippen molar-refractivity contribution in [2.45, 2.75) is 13.5 Å². The molecule has 0 radical (unpaired) electrons. The third-order valence-corrected chi connectivity index (χ3v) is 4.52. The molecule has 0 fully saturated rings. The van der Waals surface area contributed by atoms with Gasteiger partial charge < -0.3 is 21.4 Å². The smallest absolute Gasteiger partial charge is 0.131 e. The van der Waals surface area contributed by atoms with Crippen LogP contribution in [0.5, 0.6) is 0 Å². The van der Waals surface area contributed by atoms with Crippen LogP contribution in [-0.2, 0) is 6.54 Å². The molecule has 22 heavy (non-hydrogen) atoms. The predicted molar refractivity (Wildman–Crippen MR) is 95.0 cm³/mol. The summed E-state index contributed by atoms with van der Waals surface area (Å²) < 4.78 is 0. The van der Waals surface area contributed by atoms with Crippen LogP contribution < -0.4 is 16.4 Å². The van der Waals surface area contributed by atoms with Gasteiger partial charge in [-0.15, -0.1) is 11.3 Å². The van der Waals surface area contributed by atoms with Gasteiger partial charge in [0.15, 0.2) is 0 Å². The van der Waals surface area contributed by atoms with Gasteiger partial charge in [-0.3, -0.25) is 0 Å². The molecule has 116 valence electrons. The van der Waals surface area contributed by atoms with Crippen LogP contribution in [0.2, 0.25) is 5.15 Å². The second-order valence-corrected chi connectivity index (χ2v) is 6.41. The average Bonchev–Trinajstić information content (AvgIpc) is 3.12. The predicted octanol–water partition coefficient (Wildman–Crippen LogP) is 3.57. The lowest BCUT2D eigenvalue weighted by Gasteiger charge is -2.07. The van der Waals surface area contributed by atoms with E-state index in [1.165, 1.54) is 4.88 Å². The number of pyridine rings is 1. The lowest BCUT2D eigenvalue weighted by Crippen LogP contribution is -2.13. The van der Waals surface area contributed by atoms with E-state index in [0.717, 1.165) is 34.6 Å². The van der Waals surface area contributed by atoms with E-state index in [9.17, 15) is 0 Å². The van der Waals surface area contributed by atoms with Gasteiger partial charge in [0.1, 0.15) is 11.0 Å². The summed E-state index contributed by atoms with van der Waals surface area (Å²) in [7, 11) is 0. The first kappa shape index (κ1) is 15.1. The molecule has 0 amide bonds. The number of hydrogen-bond donors (Lipinski definition) is 4. The van der Waals surface area contributed by atoms with E-state index in [0.29, 0.717) is 18.2 Å². The van der Waals surface area contributed by atoms with E-state index >= 15 is 0 Å². The fourth-order valence-corrected chi connectivity index (χ4v) is 3.20. The molecule has 5 nitrogen and oxygen atoms in total. The first-order chi connectivity index (χ1) is 10.7. The summed E-state index contributed by atoms with van der Waals surface area (Å²) in [6.07, 6.45) is 0. The third-order valence-electron chi connectivity index (χ3n) is 3.45. The molecule has 3 aromatic heterocycles. The minimum absolute atomic E-state index is 0.480. The molecule has 0 aromatic carbocycles. The average molecular weight is 336 g/mol. The molecule has 0 spiro atoms. The van der Waals surface area contributed by atoms with Crippen molar-refractivity contribution >= 4 is 45.5 Å². The maximum absolute atomic E-state index is 6.17. The molecule has 3 rings (SSSR count). The van der Waals surface area contributed by atoms with E-state index in [2.05, 4.69) is 32.0 Å². The molecular formula is C15H18ClN5S. The molecule has 0 saturated heterocycles. The normalized spacial score (nSPS) is 11.0. The SMILES string of the molecule is Cc1c(NCCN)[nH]c2c(NCc3cccs3)cc(Cl)nc12.